The molecule has 1 N–H and O–H groups in total. The highest BCUT2D eigenvalue weighted by Crippen LogP contribution is 2.35. The molecule has 0 saturated carbocycles. The zero-order valence-corrected chi connectivity index (χ0v) is 13.7. The SMILES string of the molecule is N#CC1=C(SCCOc2ccccc2)NC(=O)C[C@H]1c1ccco1. The van der Waals surface area contributed by atoms with Crippen molar-refractivity contribution < 1.29 is 13.9 Å². The minimum absolute atomic E-state index is 0.109. The number of furan rings is 1. The summed E-state index contributed by atoms with van der Waals surface area (Å²) in [7, 11) is 0. The summed E-state index contributed by atoms with van der Waals surface area (Å²) in [5, 5.41) is 12.9. The number of benzene rings is 1. The fraction of sp³-hybridized carbons (Fsp3) is 0.222. The van der Waals surface area contributed by atoms with Gasteiger partial charge in [0.2, 0.25) is 5.91 Å². The number of ether oxygens (including phenoxy) is 1. The number of para-hydroxylation sites is 1. The van der Waals surface area contributed by atoms with Crippen LogP contribution in [-0.4, -0.2) is 18.3 Å². The maximum atomic E-state index is 12.0. The minimum atomic E-state index is -0.323. The Morgan fingerprint density at radius 3 is 2.83 bits per heavy atom. The predicted octanol–water partition coefficient (Wildman–Crippen LogP) is 3.43. The van der Waals surface area contributed by atoms with Crippen molar-refractivity contribution in [2.24, 2.45) is 0 Å². The van der Waals surface area contributed by atoms with Crippen molar-refractivity contribution in [2.45, 2.75) is 12.3 Å². The smallest absolute Gasteiger partial charge is 0.225 e. The van der Waals surface area contributed by atoms with E-state index >= 15 is 0 Å². The normalized spacial score (nSPS) is 17.3. The van der Waals surface area contributed by atoms with Gasteiger partial charge >= 0.3 is 0 Å². The molecule has 1 aromatic carbocycles. The maximum Gasteiger partial charge on any atom is 0.225 e. The van der Waals surface area contributed by atoms with Gasteiger partial charge in [0.25, 0.3) is 0 Å². The second-order valence-corrected chi connectivity index (χ2v) is 6.29. The number of hydrogen-bond donors (Lipinski definition) is 1. The molecule has 1 atom stereocenters. The summed E-state index contributed by atoms with van der Waals surface area (Å²) >= 11 is 1.41. The number of nitriles is 1. The predicted molar refractivity (Wildman–Crippen MR) is 91.2 cm³/mol. The van der Waals surface area contributed by atoms with Crippen LogP contribution in [-0.2, 0) is 4.79 Å². The summed E-state index contributed by atoms with van der Waals surface area (Å²) in [6, 6.07) is 15.3. The van der Waals surface area contributed by atoms with Gasteiger partial charge in [-0.25, -0.2) is 0 Å². The lowest BCUT2D eigenvalue weighted by atomic mass is 9.92. The Kier molecular flexibility index (Phi) is 5.24. The number of carbonyl (C=O) groups is 1. The van der Waals surface area contributed by atoms with Gasteiger partial charge in [-0.1, -0.05) is 18.2 Å². The van der Waals surface area contributed by atoms with Crippen LogP contribution < -0.4 is 10.1 Å². The Bertz CT molecular complexity index is 763. The van der Waals surface area contributed by atoms with E-state index in [4.69, 9.17) is 9.15 Å². The molecule has 0 radical (unpaired) electrons. The zero-order valence-electron chi connectivity index (χ0n) is 12.9. The monoisotopic (exact) mass is 340 g/mol. The van der Waals surface area contributed by atoms with E-state index in [1.54, 1.807) is 18.4 Å². The molecule has 0 fully saturated rings. The van der Waals surface area contributed by atoms with Crippen LogP contribution in [0.25, 0.3) is 0 Å². The summed E-state index contributed by atoms with van der Waals surface area (Å²) in [5.74, 6) is 1.63. The molecule has 2 aromatic rings. The van der Waals surface area contributed by atoms with E-state index < -0.39 is 0 Å². The Morgan fingerprint density at radius 1 is 1.29 bits per heavy atom. The standard InChI is InChI=1S/C18H16N2O3S/c19-12-15-14(16-7-4-8-23-16)11-17(21)20-18(15)24-10-9-22-13-5-2-1-3-6-13/h1-8,14H,9-11H2,(H,20,21)/t14-/m1/s1. The molecule has 0 bridgehead atoms. The van der Waals surface area contributed by atoms with Crippen molar-refractivity contribution in [1.82, 2.24) is 5.32 Å². The van der Waals surface area contributed by atoms with Crippen LogP contribution >= 0.6 is 11.8 Å². The van der Waals surface area contributed by atoms with E-state index in [1.165, 1.54) is 11.8 Å². The molecule has 0 spiro atoms. The first-order chi connectivity index (χ1) is 11.8. The fourth-order valence-corrected chi connectivity index (χ4v) is 3.39. The third-order valence-electron chi connectivity index (χ3n) is 3.58. The van der Waals surface area contributed by atoms with Gasteiger partial charge in [0, 0.05) is 12.2 Å². The molecule has 0 saturated heterocycles. The Labute approximate surface area is 144 Å². The molecule has 2 heterocycles. The highest BCUT2D eigenvalue weighted by Gasteiger charge is 2.31. The molecule has 1 aromatic heterocycles. The second kappa shape index (κ2) is 7.75. The molecule has 122 valence electrons. The summed E-state index contributed by atoms with van der Waals surface area (Å²) in [6.45, 7) is 0.484. The quantitative estimate of drug-likeness (QED) is 0.815. The van der Waals surface area contributed by atoms with Crippen molar-refractivity contribution >= 4 is 17.7 Å². The van der Waals surface area contributed by atoms with E-state index in [0.29, 0.717) is 28.7 Å². The molecular formula is C18H16N2O3S. The maximum absolute atomic E-state index is 12.0. The van der Waals surface area contributed by atoms with Gasteiger partial charge in [-0.05, 0) is 24.3 Å². The molecule has 0 unspecified atom stereocenters. The van der Waals surface area contributed by atoms with Gasteiger partial charge < -0.3 is 14.5 Å². The van der Waals surface area contributed by atoms with E-state index in [2.05, 4.69) is 11.4 Å². The molecule has 5 nitrogen and oxygen atoms in total. The minimum Gasteiger partial charge on any atom is -0.493 e. The molecule has 1 aliphatic rings. The van der Waals surface area contributed by atoms with Gasteiger partial charge in [0.05, 0.1) is 35.5 Å². The van der Waals surface area contributed by atoms with Gasteiger partial charge in [-0.2, -0.15) is 5.26 Å². The molecule has 6 heteroatoms. The second-order valence-electron chi connectivity index (χ2n) is 5.18. The number of nitrogens with one attached hydrogen (secondary N) is 1. The van der Waals surface area contributed by atoms with Gasteiger partial charge in [0.15, 0.2) is 0 Å². The van der Waals surface area contributed by atoms with Crippen LogP contribution in [0.5, 0.6) is 5.75 Å². The molecule has 1 aliphatic heterocycles. The van der Waals surface area contributed by atoms with Gasteiger partial charge in [-0.3, -0.25) is 4.79 Å². The Hall–Kier alpha value is -2.65. The first-order valence-corrected chi connectivity index (χ1v) is 8.54. The van der Waals surface area contributed by atoms with E-state index in [1.807, 2.05) is 30.3 Å². The van der Waals surface area contributed by atoms with Crippen molar-refractivity contribution in [3.05, 3.63) is 65.1 Å². The zero-order chi connectivity index (χ0) is 16.8. The molecule has 24 heavy (non-hydrogen) atoms. The topological polar surface area (TPSA) is 75.3 Å². The van der Waals surface area contributed by atoms with Crippen LogP contribution in [0.4, 0.5) is 0 Å². The lowest BCUT2D eigenvalue weighted by Crippen LogP contribution is -2.31. The molecular weight excluding hydrogens is 324 g/mol. The molecule has 1 amide bonds. The van der Waals surface area contributed by atoms with E-state index in [-0.39, 0.29) is 18.2 Å². The summed E-state index contributed by atoms with van der Waals surface area (Å²) in [6.07, 6.45) is 1.78. The number of rotatable bonds is 6. The Balaban J connectivity index is 1.65. The van der Waals surface area contributed by atoms with Crippen molar-refractivity contribution in [3.8, 4) is 11.8 Å². The van der Waals surface area contributed by atoms with E-state index in [9.17, 15) is 10.1 Å². The summed E-state index contributed by atoms with van der Waals surface area (Å²) in [4.78, 5) is 12.0. The van der Waals surface area contributed by atoms with Crippen LogP contribution in [0.3, 0.4) is 0 Å². The average molecular weight is 340 g/mol. The first-order valence-electron chi connectivity index (χ1n) is 7.56. The number of hydrogen-bond acceptors (Lipinski definition) is 5. The average Bonchev–Trinajstić information content (AvgIpc) is 3.13. The molecule has 3 rings (SSSR count). The number of nitrogens with zero attached hydrogens (tertiary/aromatic N) is 1. The molecule has 0 aliphatic carbocycles. The largest absolute Gasteiger partial charge is 0.493 e. The summed E-state index contributed by atoms with van der Waals surface area (Å²) in [5.41, 5.74) is 0.536. The summed E-state index contributed by atoms with van der Waals surface area (Å²) < 4.78 is 11.0. The number of amides is 1. The van der Waals surface area contributed by atoms with Crippen molar-refractivity contribution in [2.75, 3.05) is 12.4 Å². The van der Waals surface area contributed by atoms with Crippen molar-refractivity contribution in [3.63, 3.8) is 0 Å². The first kappa shape index (κ1) is 16.2. The third kappa shape index (κ3) is 3.81. The number of allylic oxidation sites excluding steroid dienone is 1. The lowest BCUT2D eigenvalue weighted by Gasteiger charge is -2.23. The van der Waals surface area contributed by atoms with Crippen molar-refractivity contribution in [1.29, 1.82) is 5.26 Å². The van der Waals surface area contributed by atoms with Crippen LogP contribution in [0.15, 0.2) is 63.7 Å². The Morgan fingerprint density at radius 2 is 2.12 bits per heavy atom. The highest BCUT2D eigenvalue weighted by molar-refractivity contribution is 8.03. The van der Waals surface area contributed by atoms with Crippen LogP contribution in [0, 0.1) is 11.3 Å². The fourth-order valence-electron chi connectivity index (χ4n) is 2.49. The number of thioether (sulfide) groups is 1. The van der Waals surface area contributed by atoms with Crippen LogP contribution in [0.1, 0.15) is 18.1 Å². The third-order valence-corrected chi connectivity index (χ3v) is 4.57. The van der Waals surface area contributed by atoms with Gasteiger partial charge in [0.1, 0.15) is 11.5 Å². The van der Waals surface area contributed by atoms with E-state index in [0.717, 1.165) is 5.75 Å². The lowest BCUT2D eigenvalue weighted by molar-refractivity contribution is -0.120. The van der Waals surface area contributed by atoms with Gasteiger partial charge in [-0.15, -0.1) is 11.8 Å². The van der Waals surface area contributed by atoms with Crippen LogP contribution in [0.2, 0.25) is 0 Å². The highest BCUT2D eigenvalue weighted by atomic mass is 32.2. The number of carbonyl (C=O) groups excluding carboxylic acids is 1.